The molecule has 0 aliphatic carbocycles. The number of benzene rings is 2. The van der Waals surface area contributed by atoms with Crippen molar-refractivity contribution in [1.29, 1.82) is 5.41 Å². The lowest BCUT2D eigenvalue weighted by molar-refractivity contribution is -0.113. The first-order valence-electron chi connectivity index (χ1n) is 9.16. The number of fused-ring (bicyclic) bond motifs is 1. The summed E-state index contributed by atoms with van der Waals surface area (Å²) in [5.74, 6) is 0.455. The number of carbonyl (C=O) groups excluding carboxylic acids is 1. The van der Waals surface area contributed by atoms with Crippen LogP contribution in [0.1, 0.15) is 16.1 Å². The molecule has 3 aromatic rings. The molecule has 1 amide bonds. The summed E-state index contributed by atoms with van der Waals surface area (Å²) in [7, 11) is 0. The van der Waals surface area contributed by atoms with E-state index >= 15 is 0 Å². The molecule has 2 aliphatic heterocycles. The van der Waals surface area contributed by atoms with Gasteiger partial charge in [0.05, 0.1) is 16.2 Å². The number of rotatable bonds is 4. The minimum Gasteiger partial charge on any atom is -0.478 e. The quantitative estimate of drug-likeness (QED) is 0.584. The van der Waals surface area contributed by atoms with Crippen LogP contribution in [0.2, 0.25) is 0 Å². The summed E-state index contributed by atoms with van der Waals surface area (Å²) < 4.78 is 16.4. The summed E-state index contributed by atoms with van der Waals surface area (Å²) in [6.45, 7) is 0.121. The molecule has 2 N–H and O–H groups in total. The number of amidine groups is 1. The molecule has 31 heavy (non-hydrogen) atoms. The van der Waals surface area contributed by atoms with Gasteiger partial charge >= 0.3 is 5.97 Å². The van der Waals surface area contributed by atoms with Crippen molar-refractivity contribution in [2.75, 3.05) is 11.7 Å². The molecule has 3 heterocycles. The van der Waals surface area contributed by atoms with E-state index in [1.165, 1.54) is 11.0 Å². The van der Waals surface area contributed by atoms with Crippen LogP contribution < -0.4 is 14.4 Å². The van der Waals surface area contributed by atoms with Gasteiger partial charge in [0.2, 0.25) is 6.79 Å². The van der Waals surface area contributed by atoms with Gasteiger partial charge in [-0.25, -0.2) is 4.79 Å². The van der Waals surface area contributed by atoms with Gasteiger partial charge in [-0.05, 0) is 42.1 Å². The highest BCUT2D eigenvalue weighted by Gasteiger charge is 2.34. The topological polar surface area (TPSA) is 113 Å². The summed E-state index contributed by atoms with van der Waals surface area (Å²) in [5, 5.41) is 17.7. The summed E-state index contributed by atoms with van der Waals surface area (Å²) in [6.07, 6.45) is 1.54. The van der Waals surface area contributed by atoms with E-state index in [0.717, 1.165) is 11.8 Å². The van der Waals surface area contributed by atoms with E-state index in [1.807, 2.05) is 0 Å². The summed E-state index contributed by atoms with van der Waals surface area (Å²) in [4.78, 5) is 26.0. The van der Waals surface area contributed by atoms with E-state index in [2.05, 4.69) is 0 Å². The molecule has 0 unspecified atom stereocenters. The molecule has 0 atom stereocenters. The van der Waals surface area contributed by atoms with Crippen molar-refractivity contribution in [3.63, 3.8) is 0 Å². The minimum atomic E-state index is -1.05. The van der Waals surface area contributed by atoms with Gasteiger partial charge in [0.1, 0.15) is 11.5 Å². The standard InChI is InChI=1S/C22H14N2O6S/c23-22-24(12-5-7-17-18(9-12)29-11-28-17)20(25)19(31-22)10-13-6-8-16(30-13)14-3-1-2-4-15(14)21(26)27/h1-10,23H,11H2,(H,26,27). The predicted octanol–water partition coefficient (Wildman–Crippen LogP) is 4.43. The Balaban J connectivity index is 1.43. The first kappa shape index (κ1) is 19.0. The number of carboxylic acid groups (broad SMARTS) is 1. The zero-order valence-corrected chi connectivity index (χ0v) is 16.6. The molecule has 154 valence electrons. The third-order valence-electron chi connectivity index (χ3n) is 4.76. The average molecular weight is 434 g/mol. The van der Waals surface area contributed by atoms with Gasteiger partial charge < -0.3 is 19.0 Å². The normalized spacial score (nSPS) is 16.4. The van der Waals surface area contributed by atoms with E-state index < -0.39 is 5.97 Å². The van der Waals surface area contributed by atoms with Crippen LogP contribution in [0, 0.1) is 5.41 Å². The first-order valence-corrected chi connectivity index (χ1v) is 9.97. The number of anilines is 1. The number of aromatic carboxylic acids is 1. The molecule has 2 aromatic carbocycles. The van der Waals surface area contributed by atoms with Crippen LogP contribution in [0.15, 0.2) is 63.9 Å². The molecule has 5 rings (SSSR count). The number of furan rings is 1. The Morgan fingerprint density at radius 2 is 1.90 bits per heavy atom. The molecule has 0 radical (unpaired) electrons. The second kappa shape index (κ2) is 7.37. The Bertz CT molecular complexity index is 1280. The Morgan fingerprint density at radius 3 is 2.74 bits per heavy atom. The van der Waals surface area contributed by atoms with Gasteiger partial charge in [-0.15, -0.1) is 0 Å². The van der Waals surface area contributed by atoms with E-state index in [4.69, 9.17) is 19.3 Å². The highest BCUT2D eigenvalue weighted by atomic mass is 32.2. The molecule has 9 heteroatoms. The number of nitrogens with zero attached hydrogens (tertiary/aromatic N) is 1. The van der Waals surface area contributed by atoms with Crippen molar-refractivity contribution in [2.45, 2.75) is 0 Å². The summed E-state index contributed by atoms with van der Waals surface area (Å²) >= 11 is 1.01. The maximum Gasteiger partial charge on any atom is 0.336 e. The lowest BCUT2D eigenvalue weighted by Gasteiger charge is -2.14. The molecule has 2 aliphatic rings. The fourth-order valence-electron chi connectivity index (χ4n) is 3.33. The number of thioether (sulfide) groups is 1. The smallest absolute Gasteiger partial charge is 0.336 e. The fourth-order valence-corrected chi connectivity index (χ4v) is 4.18. The van der Waals surface area contributed by atoms with Crippen LogP contribution in [-0.4, -0.2) is 28.9 Å². The maximum absolute atomic E-state index is 12.9. The number of hydrogen-bond acceptors (Lipinski definition) is 7. The number of hydrogen-bond donors (Lipinski definition) is 2. The van der Waals surface area contributed by atoms with Gasteiger partial charge in [-0.1, -0.05) is 18.2 Å². The van der Waals surface area contributed by atoms with Crippen LogP contribution in [0.4, 0.5) is 5.69 Å². The third-order valence-corrected chi connectivity index (χ3v) is 5.65. The van der Waals surface area contributed by atoms with Gasteiger partial charge in [0.15, 0.2) is 16.7 Å². The average Bonchev–Trinajstić information content (AvgIpc) is 3.47. The zero-order chi connectivity index (χ0) is 21.5. The first-order chi connectivity index (χ1) is 15.0. The second-order valence-electron chi connectivity index (χ2n) is 6.65. The lowest BCUT2D eigenvalue weighted by Crippen LogP contribution is -2.28. The number of carboxylic acids is 1. The second-order valence-corrected chi connectivity index (χ2v) is 7.68. The molecular weight excluding hydrogens is 420 g/mol. The van der Waals surface area contributed by atoms with E-state index in [9.17, 15) is 14.7 Å². The van der Waals surface area contributed by atoms with E-state index in [0.29, 0.717) is 39.2 Å². The van der Waals surface area contributed by atoms with Crippen LogP contribution >= 0.6 is 11.8 Å². The molecule has 8 nitrogen and oxygen atoms in total. The van der Waals surface area contributed by atoms with Crippen molar-refractivity contribution in [3.8, 4) is 22.8 Å². The van der Waals surface area contributed by atoms with Crippen LogP contribution in [0.25, 0.3) is 17.4 Å². The molecule has 1 saturated heterocycles. The predicted molar refractivity (Wildman–Crippen MR) is 114 cm³/mol. The molecule has 0 saturated carbocycles. The van der Waals surface area contributed by atoms with Crippen molar-refractivity contribution in [3.05, 3.63) is 70.8 Å². The lowest BCUT2D eigenvalue weighted by atomic mass is 10.1. The number of nitrogens with one attached hydrogen (secondary N) is 1. The van der Waals surface area contributed by atoms with Crippen LogP contribution in [0.5, 0.6) is 11.5 Å². The zero-order valence-electron chi connectivity index (χ0n) is 15.8. The number of amides is 1. The Morgan fingerprint density at radius 1 is 1.10 bits per heavy atom. The van der Waals surface area contributed by atoms with Crippen molar-refractivity contribution in [1.82, 2.24) is 0 Å². The number of carbonyl (C=O) groups is 2. The summed E-state index contributed by atoms with van der Waals surface area (Å²) in [5.41, 5.74) is 1.07. The molecular formula is C22H14N2O6S. The monoisotopic (exact) mass is 434 g/mol. The molecule has 0 bridgehead atoms. The Hall–Kier alpha value is -3.98. The maximum atomic E-state index is 12.9. The molecule has 0 spiro atoms. The van der Waals surface area contributed by atoms with Gasteiger partial charge in [0, 0.05) is 17.7 Å². The van der Waals surface area contributed by atoms with E-state index in [1.54, 1.807) is 54.6 Å². The van der Waals surface area contributed by atoms with Crippen LogP contribution in [0.3, 0.4) is 0 Å². The SMILES string of the molecule is N=C1SC(=Cc2ccc(-c3ccccc3C(=O)O)o2)C(=O)N1c1ccc2c(c1)OCO2. The van der Waals surface area contributed by atoms with Crippen molar-refractivity contribution in [2.24, 2.45) is 0 Å². The highest BCUT2D eigenvalue weighted by molar-refractivity contribution is 8.19. The van der Waals surface area contributed by atoms with Gasteiger partial charge in [-0.2, -0.15) is 0 Å². The number of ether oxygens (including phenoxy) is 2. The van der Waals surface area contributed by atoms with Gasteiger partial charge in [0.25, 0.3) is 5.91 Å². The fraction of sp³-hybridized carbons (Fsp3) is 0.0455. The Kier molecular flexibility index (Phi) is 4.52. The van der Waals surface area contributed by atoms with E-state index in [-0.39, 0.29) is 23.4 Å². The molecule has 1 aromatic heterocycles. The van der Waals surface area contributed by atoms with Crippen LogP contribution in [-0.2, 0) is 4.79 Å². The summed E-state index contributed by atoms with van der Waals surface area (Å²) in [6, 6.07) is 14.9. The Labute approximate surface area is 180 Å². The highest BCUT2D eigenvalue weighted by Crippen LogP contribution is 2.40. The van der Waals surface area contributed by atoms with Crippen molar-refractivity contribution < 1.29 is 28.6 Å². The largest absolute Gasteiger partial charge is 0.478 e. The molecule has 1 fully saturated rings. The third kappa shape index (κ3) is 3.34. The minimum absolute atomic E-state index is 0.0538. The van der Waals surface area contributed by atoms with Crippen molar-refractivity contribution >= 4 is 40.6 Å². The van der Waals surface area contributed by atoms with Gasteiger partial charge in [-0.3, -0.25) is 15.1 Å².